The van der Waals surface area contributed by atoms with Crippen molar-refractivity contribution in [2.45, 2.75) is 71.6 Å². The molecule has 94 valence electrons. The molecule has 1 heterocycles. The topological polar surface area (TPSA) is 23.5 Å². The molecule has 4 atom stereocenters. The van der Waals surface area contributed by atoms with Gasteiger partial charge in [0.15, 0.2) is 0 Å². The number of piperidine rings is 1. The van der Waals surface area contributed by atoms with Crippen LogP contribution in [0.3, 0.4) is 0 Å². The van der Waals surface area contributed by atoms with Gasteiger partial charge in [-0.25, -0.2) is 0 Å². The molecule has 0 spiro atoms. The second kappa shape index (κ2) is 4.30. The van der Waals surface area contributed by atoms with E-state index in [2.05, 4.69) is 32.6 Å². The predicted octanol–water partition coefficient (Wildman–Crippen LogP) is 2.66. The van der Waals surface area contributed by atoms with Gasteiger partial charge in [-0.3, -0.25) is 4.90 Å². The highest BCUT2D eigenvalue weighted by Crippen LogP contribution is 2.41. The van der Waals surface area contributed by atoms with Crippen molar-refractivity contribution in [3.63, 3.8) is 0 Å². The van der Waals surface area contributed by atoms with Crippen LogP contribution in [0.2, 0.25) is 0 Å². The van der Waals surface area contributed by atoms with E-state index in [1.807, 2.05) is 0 Å². The van der Waals surface area contributed by atoms with Gasteiger partial charge in [-0.05, 0) is 50.5 Å². The van der Waals surface area contributed by atoms with Crippen molar-refractivity contribution in [1.82, 2.24) is 4.90 Å². The molecule has 1 aliphatic carbocycles. The van der Waals surface area contributed by atoms with E-state index in [0.717, 1.165) is 12.3 Å². The summed E-state index contributed by atoms with van der Waals surface area (Å²) in [4.78, 5) is 2.57. The van der Waals surface area contributed by atoms with Gasteiger partial charge < -0.3 is 5.11 Å². The molecule has 0 amide bonds. The lowest BCUT2D eigenvalue weighted by atomic mass is 9.87. The van der Waals surface area contributed by atoms with Gasteiger partial charge in [0.05, 0.1) is 6.10 Å². The molecule has 0 radical (unpaired) electrons. The molecule has 4 unspecified atom stereocenters. The Morgan fingerprint density at radius 2 is 1.88 bits per heavy atom. The van der Waals surface area contributed by atoms with Gasteiger partial charge in [-0.2, -0.15) is 0 Å². The van der Waals surface area contributed by atoms with E-state index >= 15 is 0 Å². The van der Waals surface area contributed by atoms with Crippen LogP contribution in [0.1, 0.15) is 53.4 Å². The largest absolute Gasteiger partial charge is 0.391 e. The van der Waals surface area contributed by atoms with Gasteiger partial charge >= 0.3 is 0 Å². The monoisotopic (exact) mass is 225 g/mol. The number of aliphatic hydroxyl groups excluding tert-OH is 1. The van der Waals surface area contributed by atoms with Crippen LogP contribution in [0.4, 0.5) is 0 Å². The Labute approximate surface area is 100 Å². The van der Waals surface area contributed by atoms with E-state index in [1.165, 1.54) is 25.8 Å². The molecule has 1 saturated heterocycles. The van der Waals surface area contributed by atoms with Crippen molar-refractivity contribution in [2.75, 3.05) is 6.54 Å². The number of aliphatic hydroxyl groups is 1. The normalized spacial score (nSPS) is 44.8. The van der Waals surface area contributed by atoms with Gasteiger partial charge in [-0.1, -0.05) is 20.8 Å². The Balaban J connectivity index is 2.03. The first kappa shape index (κ1) is 12.4. The Hall–Kier alpha value is -0.0800. The Morgan fingerprint density at radius 3 is 2.38 bits per heavy atom. The van der Waals surface area contributed by atoms with Crippen LogP contribution in [0.15, 0.2) is 0 Å². The molecule has 0 aromatic heterocycles. The average molecular weight is 225 g/mol. The summed E-state index contributed by atoms with van der Waals surface area (Å²) >= 11 is 0. The van der Waals surface area contributed by atoms with Crippen LogP contribution < -0.4 is 0 Å². The fourth-order valence-electron chi connectivity index (χ4n) is 3.61. The molecule has 2 nitrogen and oxygen atoms in total. The first-order valence-corrected chi connectivity index (χ1v) is 6.85. The molecular weight excluding hydrogens is 198 g/mol. The van der Waals surface area contributed by atoms with Crippen molar-refractivity contribution in [3.05, 3.63) is 0 Å². The maximum Gasteiger partial charge on any atom is 0.0746 e. The van der Waals surface area contributed by atoms with E-state index in [-0.39, 0.29) is 11.5 Å². The van der Waals surface area contributed by atoms with Crippen LogP contribution in [-0.2, 0) is 0 Å². The lowest BCUT2D eigenvalue weighted by molar-refractivity contribution is -0.0153. The molecule has 16 heavy (non-hydrogen) atoms. The third-order valence-corrected chi connectivity index (χ3v) is 4.87. The van der Waals surface area contributed by atoms with E-state index in [4.69, 9.17) is 0 Å². The highest BCUT2D eigenvalue weighted by molar-refractivity contribution is 4.98. The Bertz CT molecular complexity index is 251. The first-order chi connectivity index (χ1) is 7.42. The quantitative estimate of drug-likeness (QED) is 0.741. The summed E-state index contributed by atoms with van der Waals surface area (Å²) in [7, 11) is 0. The van der Waals surface area contributed by atoms with Crippen LogP contribution in [0.25, 0.3) is 0 Å². The van der Waals surface area contributed by atoms with Crippen molar-refractivity contribution >= 4 is 0 Å². The van der Waals surface area contributed by atoms with Crippen molar-refractivity contribution in [3.8, 4) is 0 Å². The van der Waals surface area contributed by atoms with Crippen molar-refractivity contribution in [2.24, 2.45) is 11.3 Å². The summed E-state index contributed by atoms with van der Waals surface area (Å²) in [6.07, 6.45) is 4.80. The van der Waals surface area contributed by atoms with Crippen LogP contribution >= 0.6 is 0 Å². The lowest BCUT2D eigenvalue weighted by Crippen LogP contribution is -2.51. The number of nitrogens with zero attached hydrogens (tertiary/aromatic N) is 1. The maximum absolute atomic E-state index is 10.4. The molecule has 1 saturated carbocycles. The molecule has 2 fully saturated rings. The van der Waals surface area contributed by atoms with E-state index in [0.29, 0.717) is 12.1 Å². The van der Waals surface area contributed by atoms with Crippen LogP contribution in [0.5, 0.6) is 0 Å². The van der Waals surface area contributed by atoms with Gasteiger partial charge in [0, 0.05) is 12.1 Å². The minimum atomic E-state index is -0.136. The third kappa shape index (κ3) is 2.14. The summed E-state index contributed by atoms with van der Waals surface area (Å²) in [5.41, 5.74) is 0.119. The standard InChI is InChI=1S/C14H27NO/c1-10-6-8-15(11(2)9-10)12-5-7-14(3,4)13(12)16/h10-13,16H,5-9H2,1-4H3. The molecule has 0 aromatic carbocycles. The summed E-state index contributed by atoms with van der Waals surface area (Å²) in [6.45, 7) is 10.3. The van der Waals surface area contributed by atoms with Gasteiger partial charge in [0.2, 0.25) is 0 Å². The molecule has 2 heteroatoms. The van der Waals surface area contributed by atoms with E-state index in [1.54, 1.807) is 0 Å². The number of hydrogen-bond donors (Lipinski definition) is 1. The van der Waals surface area contributed by atoms with Gasteiger partial charge in [0.25, 0.3) is 0 Å². The zero-order chi connectivity index (χ0) is 11.9. The second-order valence-electron chi connectivity index (χ2n) is 6.76. The van der Waals surface area contributed by atoms with Crippen LogP contribution in [0, 0.1) is 11.3 Å². The third-order valence-electron chi connectivity index (χ3n) is 4.87. The predicted molar refractivity (Wildman–Crippen MR) is 67.4 cm³/mol. The zero-order valence-electron chi connectivity index (χ0n) is 11.2. The van der Waals surface area contributed by atoms with E-state index < -0.39 is 0 Å². The average Bonchev–Trinajstić information content (AvgIpc) is 2.44. The van der Waals surface area contributed by atoms with Gasteiger partial charge in [0.1, 0.15) is 0 Å². The summed E-state index contributed by atoms with van der Waals surface area (Å²) in [5.74, 6) is 0.859. The fraction of sp³-hybridized carbons (Fsp3) is 1.00. The van der Waals surface area contributed by atoms with Crippen molar-refractivity contribution in [1.29, 1.82) is 0 Å². The molecule has 0 bridgehead atoms. The Morgan fingerprint density at radius 1 is 1.19 bits per heavy atom. The van der Waals surface area contributed by atoms with Crippen LogP contribution in [-0.4, -0.2) is 34.7 Å². The number of hydrogen-bond acceptors (Lipinski definition) is 2. The van der Waals surface area contributed by atoms with E-state index in [9.17, 15) is 5.11 Å². The highest BCUT2D eigenvalue weighted by Gasteiger charge is 2.45. The smallest absolute Gasteiger partial charge is 0.0746 e. The maximum atomic E-state index is 10.4. The second-order valence-corrected chi connectivity index (χ2v) is 6.76. The molecule has 0 aromatic rings. The Kier molecular flexibility index (Phi) is 3.33. The SMILES string of the molecule is CC1CCN(C2CCC(C)(C)C2O)C(C)C1. The highest BCUT2D eigenvalue weighted by atomic mass is 16.3. The molecule has 1 aliphatic heterocycles. The minimum Gasteiger partial charge on any atom is -0.391 e. The molecule has 1 N–H and O–H groups in total. The van der Waals surface area contributed by atoms with Crippen molar-refractivity contribution < 1.29 is 5.11 Å². The summed E-state index contributed by atoms with van der Waals surface area (Å²) in [6, 6.07) is 1.06. The molecular formula is C14H27NO. The minimum absolute atomic E-state index is 0.119. The first-order valence-electron chi connectivity index (χ1n) is 6.85. The lowest BCUT2D eigenvalue weighted by Gasteiger charge is -2.42. The number of likely N-dealkylation sites (tertiary alicyclic amines) is 1. The molecule has 2 aliphatic rings. The summed E-state index contributed by atoms with van der Waals surface area (Å²) in [5, 5.41) is 10.4. The fourth-order valence-corrected chi connectivity index (χ4v) is 3.61. The zero-order valence-corrected chi connectivity index (χ0v) is 11.2. The van der Waals surface area contributed by atoms with Gasteiger partial charge in [-0.15, -0.1) is 0 Å². The number of rotatable bonds is 1. The summed E-state index contributed by atoms with van der Waals surface area (Å²) < 4.78 is 0. The molecule has 2 rings (SSSR count).